The summed E-state index contributed by atoms with van der Waals surface area (Å²) in [7, 11) is 0. The predicted octanol–water partition coefficient (Wildman–Crippen LogP) is 1.59. The Hall–Kier alpha value is -0.310. The lowest BCUT2D eigenvalue weighted by Gasteiger charge is -2.17. The van der Waals surface area contributed by atoms with Gasteiger partial charge in [0.2, 0.25) is 5.91 Å². The van der Waals surface area contributed by atoms with Crippen molar-refractivity contribution in [2.75, 3.05) is 12.0 Å². The molecule has 18 heavy (non-hydrogen) atoms. The van der Waals surface area contributed by atoms with E-state index in [9.17, 15) is 4.79 Å². The van der Waals surface area contributed by atoms with E-state index >= 15 is 0 Å². The number of nitrogens with zero attached hydrogens (tertiary/aromatic N) is 2. The molecule has 5 nitrogen and oxygen atoms in total. The van der Waals surface area contributed by atoms with Crippen molar-refractivity contribution in [3.05, 3.63) is 0 Å². The Morgan fingerprint density at radius 3 is 2.61 bits per heavy atom. The fourth-order valence-electron chi connectivity index (χ4n) is 1.31. The predicted molar refractivity (Wildman–Crippen MR) is 78.3 cm³/mol. The number of hydrogen-bond acceptors (Lipinski definition) is 7. The molecule has 8 heteroatoms. The average molecular weight is 306 g/mol. The first-order chi connectivity index (χ1) is 8.52. The topological polar surface area (TPSA) is 80.9 Å². The molecule has 0 bridgehead atoms. The van der Waals surface area contributed by atoms with Gasteiger partial charge in [0, 0.05) is 11.8 Å². The number of nitrogens with one attached hydrogen (secondary N) is 1. The quantitative estimate of drug-likeness (QED) is 0.710. The van der Waals surface area contributed by atoms with Gasteiger partial charge in [0.25, 0.3) is 0 Å². The molecule has 102 valence electrons. The van der Waals surface area contributed by atoms with Gasteiger partial charge >= 0.3 is 0 Å². The SMILES string of the molecule is CSc1nnc(SCCC(NC(C)C)C(N)=O)s1. The zero-order valence-corrected chi connectivity index (χ0v) is 13.1. The van der Waals surface area contributed by atoms with Crippen LogP contribution in [0.1, 0.15) is 20.3 Å². The third kappa shape index (κ3) is 5.55. The smallest absolute Gasteiger partial charge is 0.234 e. The summed E-state index contributed by atoms with van der Waals surface area (Å²) in [5, 5.41) is 11.2. The van der Waals surface area contributed by atoms with Crippen LogP contribution in [0.25, 0.3) is 0 Å². The molecule has 3 N–H and O–H groups in total. The van der Waals surface area contributed by atoms with Gasteiger partial charge in [0.15, 0.2) is 8.68 Å². The minimum absolute atomic E-state index is 0.247. The summed E-state index contributed by atoms with van der Waals surface area (Å²) in [5.74, 6) is 0.502. The molecule has 0 saturated carbocycles. The van der Waals surface area contributed by atoms with Crippen molar-refractivity contribution < 1.29 is 4.79 Å². The number of rotatable bonds is 8. The third-order valence-electron chi connectivity index (χ3n) is 2.07. The van der Waals surface area contributed by atoms with Crippen LogP contribution in [0.3, 0.4) is 0 Å². The molecule has 1 heterocycles. The number of amides is 1. The van der Waals surface area contributed by atoms with Crippen LogP contribution in [-0.2, 0) is 4.79 Å². The fourth-order valence-corrected chi connectivity index (χ4v) is 3.82. The van der Waals surface area contributed by atoms with Crippen molar-refractivity contribution in [3.8, 4) is 0 Å². The first-order valence-corrected chi connectivity index (χ1v) is 8.61. The lowest BCUT2D eigenvalue weighted by atomic mass is 10.2. The highest BCUT2D eigenvalue weighted by Crippen LogP contribution is 2.27. The summed E-state index contributed by atoms with van der Waals surface area (Å²) < 4.78 is 1.90. The van der Waals surface area contributed by atoms with E-state index in [1.165, 1.54) is 0 Å². The summed E-state index contributed by atoms with van der Waals surface area (Å²) in [6.07, 6.45) is 2.68. The van der Waals surface area contributed by atoms with Crippen LogP contribution in [-0.4, -0.2) is 40.2 Å². The Morgan fingerprint density at radius 1 is 1.44 bits per heavy atom. The van der Waals surface area contributed by atoms with Gasteiger partial charge < -0.3 is 11.1 Å². The number of hydrogen-bond donors (Lipinski definition) is 2. The minimum atomic E-state index is -0.300. The summed E-state index contributed by atoms with van der Waals surface area (Å²) >= 11 is 4.78. The van der Waals surface area contributed by atoms with Crippen molar-refractivity contribution >= 4 is 40.8 Å². The first-order valence-electron chi connectivity index (χ1n) is 5.58. The van der Waals surface area contributed by atoms with Gasteiger partial charge in [-0.15, -0.1) is 10.2 Å². The highest BCUT2D eigenvalue weighted by Gasteiger charge is 2.16. The van der Waals surface area contributed by atoms with Gasteiger partial charge in [-0.05, 0) is 12.7 Å². The molecule has 1 rings (SSSR count). The van der Waals surface area contributed by atoms with E-state index in [1.807, 2.05) is 20.1 Å². The van der Waals surface area contributed by atoms with Crippen LogP contribution in [0.2, 0.25) is 0 Å². The van der Waals surface area contributed by atoms with Crippen LogP contribution in [0.15, 0.2) is 8.68 Å². The summed E-state index contributed by atoms with van der Waals surface area (Å²) in [6.45, 7) is 4.00. The Labute approximate surface area is 120 Å². The van der Waals surface area contributed by atoms with Gasteiger partial charge in [0.1, 0.15) is 0 Å². The molecule has 1 atom stereocenters. The number of carbonyl (C=O) groups excluding carboxylic acids is 1. The lowest BCUT2D eigenvalue weighted by Crippen LogP contribution is -2.44. The van der Waals surface area contributed by atoms with Crippen LogP contribution < -0.4 is 11.1 Å². The van der Waals surface area contributed by atoms with Gasteiger partial charge in [0.05, 0.1) is 6.04 Å². The van der Waals surface area contributed by atoms with Gasteiger partial charge in [-0.3, -0.25) is 4.79 Å². The van der Waals surface area contributed by atoms with E-state index in [0.29, 0.717) is 6.42 Å². The van der Waals surface area contributed by atoms with Crippen LogP contribution >= 0.6 is 34.9 Å². The molecule has 0 radical (unpaired) electrons. The van der Waals surface area contributed by atoms with E-state index in [2.05, 4.69) is 15.5 Å². The third-order valence-corrected chi connectivity index (χ3v) is 5.14. The van der Waals surface area contributed by atoms with Crippen molar-refractivity contribution in [3.63, 3.8) is 0 Å². The molecular weight excluding hydrogens is 288 g/mol. The maximum absolute atomic E-state index is 11.2. The largest absolute Gasteiger partial charge is 0.368 e. The number of nitrogens with two attached hydrogens (primary N) is 1. The standard InChI is InChI=1S/C10H18N4OS3/c1-6(2)12-7(8(11)15)4-5-17-10-14-13-9(16-3)18-10/h6-7,12H,4-5H2,1-3H3,(H2,11,15). The summed E-state index contributed by atoms with van der Waals surface area (Å²) in [6, 6.07) is -0.0254. The highest BCUT2D eigenvalue weighted by atomic mass is 32.2. The maximum Gasteiger partial charge on any atom is 0.234 e. The van der Waals surface area contributed by atoms with Crippen LogP contribution in [0, 0.1) is 0 Å². The number of primary amides is 1. The molecule has 0 saturated heterocycles. The van der Waals surface area contributed by atoms with Crippen molar-refractivity contribution in [2.24, 2.45) is 5.73 Å². The molecule has 0 aliphatic heterocycles. The van der Waals surface area contributed by atoms with E-state index in [1.54, 1.807) is 34.9 Å². The number of carbonyl (C=O) groups is 1. The first kappa shape index (κ1) is 15.7. The Morgan fingerprint density at radius 2 is 2.11 bits per heavy atom. The molecule has 0 spiro atoms. The monoisotopic (exact) mass is 306 g/mol. The van der Waals surface area contributed by atoms with E-state index < -0.39 is 0 Å². The Balaban J connectivity index is 2.36. The van der Waals surface area contributed by atoms with Gasteiger partial charge in [-0.25, -0.2) is 0 Å². The normalized spacial score (nSPS) is 12.9. The number of thioether (sulfide) groups is 2. The second-order valence-corrected chi connectivity index (χ2v) is 7.32. The fraction of sp³-hybridized carbons (Fsp3) is 0.700. The number of aromatic nitrogens is 2. The molecule has 0 aliphatic carbocycles. The van der Waals surface area contributed by atoms with Crippen molar-refractivity contribution in [2.45, 2.75) is 41.0 Å². The minimum Gasteiger partial charge on any atom is -0.368 e. The van der Waals surface area contributed by atoms with Crippen LogP contribution in [0.4, 0.5) is 0 Å². The van der Waals surface area contributed by atoms with Crippen LogP contribution in [0.5, 0.6) is 0 Å². The summed E-state index contributed by atoms with van der Waals surface area (Å²) in [4.78, 5) is 11.2. The molecule has 1 aromatic heterocycles. The molecular formula is C10H18N4OS3. The Kier molecular flexibility index (Phi) is 6.98. The average Bonchev–Trinajstić information content (AvgIpc) is 2.75. The molecule has 0 aromatic carbocycles. The van der Waals surface area contributed by atoms with Crippen molar-refractivity contribution in [1.82, 2.24) is 15.5 Å². The van der Waals surface area contributed by atoms with E-state index in [-0.39, 0.29) is 18.0 Å². The Bertz CT molecular complexity index is 383. The molecule has 1 aromatic rings. The zero-order valence-electron chi connectivity index (χ0n) is 10.7. The van der Waals surface area contributed by atoms with Crippen molar-refractivity contribution in [1.29, 1.82) is 0 Å². The lowest BCUT2D eigenvalue weighted by molar-refractivity contribution is -0.120. The zero-order chi connectivity index (χ0) is 13.5. The second kappa shape index (κ2) is 7.98. The molecule has 1 amide bonds. The summed E-state index contributed by atoms with van der Waals surface area (Å²) in [5.41, 5.74) is 5.35. The van der Waals surface area contributed by atoms with E-state index in [4.69, 9.17) is 5.73 Å². The van der Waals surface area contributed by atoms with Gasteiger partial charge in [-0.1, -0.05) is 48.7 Å². The molecule has 0 aliphatic rings. The molecule has 0 fully saturated rings. The maximum atomic E-state index is 11.2. The highest BCUT2D eigenvalue weighted by molar-refractivity contribution is 8.02. The second-order valence-electron chi connectivity index (χ2n) is 3.95. The molecule has 1 unspecified atom stereocenters. The van der Waals surface area contributed by atoms with Gasteiger partial charge in [-0.2, -0.15) is 0 Å². The van der Waals surface area contributed by atoms with E-state index in [0.717, 1.165) is 14.4 Å².